The zero-order valence-corrected chi connectivity index (χ0v) is 11.7. The van der Waals surface area contributed by atoms with Crippen LogP contribution in [0.25, 0.3) is 0 Å². The van der Waals surface area contributed by atoms with Crippen LogP contribution in [0.1, 0.15) is 42.7 Å². The second kappa shape index (κ2) is 5.00. The third-order valence-electron chi connectivity index (χ3n) is 3.80. The van der Waals surface area contributed by atoms with E-state index in [-0.39, 0.29) is 17.4 Å². The number of likely N-dealkylation sites (tertiary alicyclic amines) is 1. The largest absolute Gasteiger partial charge is 0.322 e. The summed E-state index contributed by atoms with van der Waals surface area (Å²) in [6, 6.07) is 5.43. The Bertz CT molecular complexity index is 530. The van der Waals surface area contributed by atoms with Gasteiger partial charge in [-0.25, -0.2) is 0 Å². The fourth-order valence-electron chi connectivity index (χ4n) is 2.70. The number of aryl methyl sites for hydroxylation is 1. The molecule has 0 N–H and O–H groups in total. The maximum atomic E-state index is 12.6. The molecule has 2 rings (SSSR count). The van der Waals surface area contributed by atoms with Gasteiger partial charge in [-0.3, -0.25) is 9.78 Å². The fraction of sp³-hybridized carbons (Fsp3) is 0.533. The van der Waals surface area contributed by atoms with Crippen LogP contribution in [0.3, 0.4) is 0 Å². The number of carbonyl (C=O) groups is 1. The fourth-order valence-corrected chi connectivity index (χ4v) is 2.70. The van der Waals surface area contributed by atoms with Crippen LogP contribution in [0.5, 0.6) is 0 Å². The maximum Gasteiger partial charge on any atom is 0.255 e. The van der Waals surface area contributed by atoms with Crippen LogP contribution in [-0.4, -0.2) is 28.4 Å². The second-order valence-corrected chi connectivity index (χ2v) is 5.81. The minimum Gasteiger partial charge on any atom is -0.322 e. The average Bonchev–Trinajstić information content (AvgIpc) is 2.36. The van der Waals surface area contributed by atoms with E-state index in [2.05, 4.69) is 24.9 Å². The maximum absolute atomic E-state index is 12.6. The molecule has 1 aliphatic rings. The van der Waals surface area contributed by atoms with Gasteiger partial charge in [0, 0.05) is 24.0 Å². The molecule has 1 fully saturated rings. The summed E-state index contributed by atoms with van der Waals surface area (Å²) in [6.45, 7) is 6.62. The lowest BCUT2D eigenvalue weighted by Gasteiger charge is -2.42. The Hall–Kier alpha value is -1.89. The number of piperidine rings is 1. The molecule has 1 aliphatic heterocycles. The molecule has 0 bridgehead atoms. The van der Waals surface area contributed by atoms with E-state index in [1.54, 1.807) is 23.2 Å². The number of aromatic nitrogens is 1. The SMILES string of the molecule is Cc1cc(C(=O)N2CCCC(C)(C)C2C#N)ccn1. The van der Waals surface area contributed by atoms with E-state index in [0.717, 1.165) is 18.5 Å². The summed E-state index contributed by atoms with van der Waals surface area (Å²) in [5.74, 6) is -0.0650. The Morgan fingerprint density at radius 1 is 1.58 bits per heavy atom. The molecule has 100 valence electrons. The molecule has 4 heteroatoms. The van der Waals surface area contributed by atoms with Crippen molar-refractivity contribution in [2.75, 3.05) is 6.54 Å². The standard InChI is InChI=1S/C15H19N3O/c1-11-9-12(5-7-17-11)14(19)18-8-4-6-15(2,3)13(18)10-16/h5,7,9,13H,4,6,8H2,1-3H3. The molecule has 1 unspecified atom stereocenters. The van der Waals surface area contributed by atoms with Gasteiger partial charge >= 0.3 is 0 Å². The third kappa shape index (κ3) is 2.60. The molecule has 4 nitrogen and oxygen atoms in total. The average molecular weight is 257 g/mol. The molecule has 2 heterocycles. The Morgan fingerprint density at radius 2 is 2.32 bits per heavy atom. The summed E-state index contributed by atoms with van der Waals surface area (Å²) in [5.41, 5.74) is 1.28. The van der Waals surface area contributed by atoms with Crippen LogP contribution in [-0.2, 0) is 0 Å². The minimum absolute atomic E-state index is 0.0650. The molecule has 1 aromatic rings. The Kier molecular flexibility index (Phi) is 3.57. The summed E-state index contributed by atoms with van der Waals surface area (Å²) >= 11 is 0. The summed E-state index contributed by atoms with van der Waals surface area (Å²) in [6.07, 6.45) is 3.56. The van der Waals surface area contributed by atoms with Gasteiger partial charge in [0.25, 0.3) is 5.91 Å². The van der Waals surface area contributed by atoms with E-state index in [9.17, 15) is 10.1 Å². The van der Waals surface area contributed by atoms with Gasteiger partial charge in [-0.05, 0) is 37.3 Å². The number of carbonyl (C=O) groups excluding carboxylic acids is 1. The Labute approximate surface area is 114 Å². The molecule has 0 saturated carbocycles. The quantitative estimate of drug-likeness (QED) is 0.776. The van der Waals surface area contributed by atoms with E-state index < -0.39 is 0 Å². The third-order valence-corrected chi connectivity index (χ3v) is 3.80. The number of hydrogen-bond donors (Lipinski definition) is 0. The predicted octanol–water partition coefficient (Wildman–Crippen LogP) is 2.54. The lowest BCUT2D eigenvalue weighted by Crippen LogP contribution is -2.51. The Balaban J connectivity index is 2.30. The number of hydrogen-bond acceptors (Lipinski definition) is 3. The molecular formula is C15H19N3O. The summed E-state index contributed by atoms with van der Waals surface area (Å²) < 4.78 is 0. The number of amides is 1. The molecule has 0 radical (unpaired) electrons. The van der Waals surface area contributed by atoms with Crippen molar-refractivity contribution in [3.8, 4) is 6.07 Å². The van der Waals surface area contributed by atoms with Gasteiger partial charge < -0.3 is 4.90 Å². The molecule has 1 aromatic heterocycles. The number of pyridine rings is 1. The van der Waals surface area contributed by atoms with Crippen molar-refractivity contribution >= 4 is 5.91 Å². The van der Waals surface area contributed by atoms with Gasteiger partial charge in [0.2, 0.25) is 0 Å². The molecule has 0 aromatic carbocycles. The lowest BCUT2D eigenvalue weighted by molar-refractivity contribution is 0.0438. The van der Waals surface area contributed by atoms with Crippen LogP contribution in [0.15, 0.2) is 18.3 Å². The van der Waals surface area contributed by atoms with Gasteiger partial charge in [0.05, 0.1) is 6.07 Å². The molecule has 0 spiro atoms. The van der Waals surface area contributed by atoms with E-state index in [4.69, 9.17) is 0 Å². The van der Waals surface area contributed by atoms with Gasteiger partial charge in [0.15, 0.2) is 0 Å². The van der Waals surface area contributed by atoms with Crippen LogP contribution < -0.4 is 0 Å². The first-order valence-electron chi connectivity index (χ1n) is 6.59. The van der Waals surface area contributed by atoms with Crippen LogP contribution >= 0.6 is 0 Å². The van der Waals surface area contributed by atoms with E-state index >= 15 is 0 Å². The first kappa shape index (κ1) is 13.5. The van der Waals surface area contributed by atoms with Gasteiger partial charge in [-0.15, -0.1) is 0 Å². The van der Waals surface area contributed by atoms with Crippen molar-refractivity contribution in [1.29, 1.82) is 5.26 Å². The summed E-state index contributed by atoms with van der Waals surface area (Å²) in [7, 11) is 0. The highest BCUT2D eigenvalue weighted by Crippen LogP contribution is 2.35. The first-order valence-corrected chi connectivity index (χ1v) is 6.59. The topological polar surface area (TPSA) is 57.0 Å². The zero-order valence-electron chi connectivity index (χ0n) is 11.7. The van der Waals surface area contributed by atoms with Gasteiger partial charge in [-0.2, -0.15) is 5.26 Å². The van der Waals surface area contributed by atoms with E-state index in [0.29, 0.717) is 12.1 Å². The monoisotopic (exact) mass is 257 g/mol. The van der Waals surface area contributed by atoms with Crippen molar-refractivity contribution in [3.05, 3.63) is 29.6 Å². The van der Waals surface area contributed by atoms with Crippen molar-refractivity contribution in [3.63, 3.8) is 0 Å². The molecule has 19 heavy (non-hydrogen) atoms. The van der Waals surface area contributed by atoms with Crippen molar-refractivity contribution in [2.45, 2.75) is 39.7 Å². The number of nitrogens with zero attached hydrogens (tertiary/aromatic N) is 3. The molecule has 1 amide bonds. The number of rotatable bonds is 1. The van der Waals surface area contributed by atoms with E-state index in [1.165, 1.54) is 0 Å². The highest BCUT2D eigenvalue weighted by atomic mass is 16.2. The first-order chi connectivity index (χ1) is 8.95. The van der Waals surface area contributed by atoms with Crippen molar-refractivity contribution < 1.29 is 4.79 Å². The normalized spacial score (nSPS) is 21.8. The van der Waals surface area contributed by atoms with Crippen molar-refractivity contribution in [1.82, 2.24) is 9.88 Å². The second-order valence-electron chi connectivity index (χ2n) is 5.81. The molecule has 0 aliphatic carbocycles. The van der Waals surface area contributed by atoms with E-state index in [1.807, 2.05) is 6.92 Å². The molecule has 1 atom stereocenters. The zero-order chi connectivity index (χ0) is 14.0. The van der Waals surface area contributed by atoms with Crippen LogP contribution in [0.4, 0.5) is 0 Å². The highest BCUT2D eigenvalue weighted by molar-refractivity contribution is 5.94. The van der Waals surface area contributed by atoms with Gasteiger partial charge in [0.1, 0.15) is 6.04 Å². The predicted molar refractivity (Wildman–Crippen MR) is 72.4 cm³/mol. The van der Waals surface area contributed by atoms with Gasteiger partial charge in [-0.1, -0.05) is 13.8 Å². The highest BCUT2D eigenvalue weighted by Gasteiger charge is 2.40. The van der Waals surface area contributed by atoms with Crippen LogP contribution in [0.2, 0.25) is 0 Å². The smallest absolute Gasteiger partial charge is 0.255 e. The number of nitriles is 1. The molecule has 1 saturated heterocycles. The minimum atomic E-state index is -0.359. The van der Waals surface area contributed by atoms with Crippen LogP contribution in [0, 0.1) is 23.7 Å². The summed E-state index contributed by atoms with van der Waals surface area (Å²) in [5, 5.41) is 9.39. The lowest BCUT2D eigenvalue weighted by atomic mass is 9.77. The summed E-state index contributed by atoms with van der Waals surface area (Å²) in [4.78, 5) is 18.4. The van der Waals surface area contributed by atoms with Crippen molar-refractivity contribution in [2.24, 2.45) is 5.41 Å². The molecular weight excluding hydrogens is 238 g/mol. The Morgan fingerprint density at radius 3 is 2.95 bits per heavy atom.